The summed E-state index contributed by atoms with van der Waals surface area (Å²) in [5.41, 5.74) is 5.57. The largest absolute Gasteiger partial charge is 0.383 e. The molecule has 0 radical (unpaired) electrons. The van der Waals surface area contributed by atoms with Crippen molar-refractivity contribution in [2.45, 2.75) is 52.1 Å². The molecule has 0 aromatic rings. The van der Waals surface area contributed by atoms with Gasteiger partial charge in [-0.05, 0) is 45.7 Å². The summed E-state index contributed by atoms with van der Waals surface area (Å²) in [6, 6.07) is 1.11. The van der Waals surface area contributed by atoms with E-state index >= 15 is 0 Å². The zero-order chi connectivity index (χ0) is 12.6. The SMILES string of the molecule is COCC(CCCN)N(C)C(C)CC(C)C. The van der Waals surface area contributed by atoms with Crippen molar-refractivity contribution >= 4 is 0 Å². The van der Waals surface area contributed by atoms with Gasteiger partial charge in [-0.2, -0.15) is 0 Å². The van der Waals surface area contributed by atoms with E-state index in [-0.39, 0.29) is 0 Å². The van der Waals surface area contributed by atoms with Crippen LogP contribution in [0.4, 0.5) is 0 Å². The number of likely N-dealkylation sites (N-methyl/N-ethyl adjacent to an activating group) is 1. The van der Waals surface area contributed by atoms with E-state index in [2.05, 4.69) is 32.7 Å². The second kappa shape index (κ2) is 8.97. The molecular formula is C13H30N2O. The molecule has 0 saturated heterocycles. The Bertz CT molecular complexity index is 162. The summed E-state index contributed by atoms with van der Waals surface area (Å²) in [5, 5.41) is 0. The van der Waals surface area contributed by atoms with Crippen molar-refractivity contribution in [1.29, 1.82) is 0 Å². The Balaban J connectivity index is 4.17. The molecule has 0 aliphatic rings. The van der Waals surface area contributed by atoms with E-state index in [1.54, 1.807) is 7.11 Å². The standard InChI is InChI=1S/C13H30N2O/c1-11(2)9-12(3)15(4)13(10-16-5)7-6-8-14/h11-13H,6-10,14H2,1-5H3. The van der Waals surface area contributed by atoms with Crippen LogP contribution in [0.5, 0.6) is 0 Å². The Hall–Kier alpha value is -0.120. The highest BCUT2D eigenvalue weighted by Gasteiger charge is 2.19. The molecule has 0 spiro atoms. The van der Waals surface area contributed by atoms with E-state index in [1.807, 2.05) is 0 Å². The summed E-state index contributed by atoms with van der Waals surface area (Å²) in [6.07, 6.45) is 3.44. The molecule has 0 saturated carbocycles. The molecule has 0 rings (SSSR count). The molecule has 3 nitrogen and oxygen atoms in total. The number of nitrogens with two attached hydrogens (primary N) is 1. The predicted molar refractivity (Wildman–Crippen MR) is 70.6 cm³/mol. The quantitative estimate of drug-likeness (QED) is 0.659. The molecule has 0 amide bonds. The van der Waals surface area contributed by atoms with Gasteiger partial charge in [-0.15, -0.1) is 0 Å². The van der Waals surface area contributed by atoms with Crippen molar-refractivity contribution in [3.05, 3.63) is 0 Å². The van der Waals surface area contributed by atoms with Crippen molar-refractivity contribution in [2.75, 3.05) is 27.3 Å². The molecule has 0 aliphatic heterocycles. The molecule has 16 heavy (non-hydrogen) atoms. The van der Waals surface area contributed by atoms with Crippen LogP contribution in [0.2, 0.25) is 0 Å². The van der Waals surface area contributed by atoms with Gasteiger partial charge in [0.05, 0.1) is 6.61 Å². The Labute approximate surface area is 101 Å². The summed E-state index contributed by atoms with van der Waals surface area (Å²) >= 11 is 0. The maximum Gasteiger partial charge on any atom is 0.0618 e. The minimum atomic E-state index is 0.502. The van der Waals surface area contributed by atoms with Crippen molar-refractivity contribution in [2.24, 2.45) is 11.7 Å². The third kappa shape index (κ3) is 6.46. The molecule has 3 heteroatoms. The van der Waals surface area contributed by atoms with E-state index in [4.69, 9.17) is 10.5 Å². The van der Waals surface area contributed by atoms with E-state index in [0.29, 0.717) is 12.1 Å². The van der Waals surface area contributed by atoms with Crippen LogP contribution in [-0.4, -0.2) is 44.3 Å². The summed E-state index contributed by atoms with van der Waals surface area (Å²) in [4.78, 5) is 2.44. The van der Waals surface area contributed by atoms with Crippen LogP contribution >= 0.6 is 0 Å². The van der Waals surface area contributed by atoms with E-state index in [1.165, 1.54) is 6.42 Å². The molecule has 2 N–H and O–H groups in total. The van der Waals surface area contributed by atoms with Crippen molar-refractivity contribution < 1.29 is 4.74 Å². The van der Waals surface area contributed by atoms with Gasteiger partial charge >= 0.3 is 0 Å². The van der Waals surface area contributed by atoms with Crippen LogP contribution in [0.3, 0.4) is 0 Å². The van der Waals surface area contributed by atoms with Crippen LogP contribution in [0, 0.1) is 5.92 Å². The average molecular weight is 230 g/mol. The molecule has 98 valence electrons. The minimum Gasteiger partial charge on any atom is -0.383 e. The van der Waals surface area contributed by atoms with Crippen LogP contribution in [0.15, 0.2) is 0 Å². The average Bonchev–Trinajstić information content (AvgIpc) is 2.22. The summed E-state index contributed by atoms with van der Waals surface area (Å²) in [6.45, 7) is 8.42. The van der Waals surface area contributed by atoms with Crippen LogP contribution < -0.4 is 5.73 Å². The number of methoxy groups -OCH3 is 1. The van der Waals surface area contributed by atoms with Gasteiger partial charge in [0.25, 0.3) is 0 Å². The lowest BCUT2D eigenvalue weighted by Gasteiger charge is -2.33. The molecule has 0 fully saturated rings. The Morgan fingerprint density at radius 2 is 1.88 bits per heavy atom. The smallest absolute Gasteiger partial charge is 0.0618 e. The highest BCUT2D eigenvalue weighted by atomic mass is 16.5. The zero-order valence-corrected chi connectivity index (χ0v) is 11.7. The van der Waals surface area contributed by atoms with Gasteiger partial charge in [-0.3, -0.25) is 4.90 Å². The normalized spacial score (nSPS) is 15.8. The number of ether oxygens (including phenoxy) is 1. The maximum atomic E-state index is 5.57. The molecule has 2 atom stereocenters. The van der Waals surface area contributed by atoms with Crippen molar-refractivity contribution in [1.82, 2.24) is 4.90 Å². The fourth-order valence-electron chi connectivity index (χ4n) is 2.16. The van der Waals surface area contributed by atoms with Gasteiger partial charge in [-0.1, -0.05) is 13.8 Å². The van der Waals surface area contributed by atoms with E-state index in [9.17, 15) is 0 Å². The first-order chi connectivity index (χ1) is 7.52. The lowest BCUT2D eigenvalue weighted by atomic mass is 10.0. The van der Waals surface area contributed by atoms with E-state index < -0.39 is 0 Å². The maximum absolute atomic E-state index is 5.57. The minimum absolute atomic E-state index is 0.502. The van der Waals surface area contributed by atoms with Gasteiger partial charge in [-0.25, -0.2) is 0 Å². The summed E-state index contributed by atoms with van der Waals surface area (Å²) < 4.78 is 5.29. The van der Waals surface area contributed by atoms with Gasteiger partial charge in [0.2, 0.25) is 0 Å². The summed E-state index contributed by atoms with van der Waals surface area (Å²) in [5.74, 6) is 0.746. The fourth-order valence-corrected chi connectivity index (χ4v) is 2.16. The van der Waals surface area contributed by atoms with Crippen LogP contribution in [0.1, 0.15) is 40.0 Å². The first-order valence-electron chi connectivity index (χ1n) is 6.43. The van der Waals surface area contributed by atoms with E-state index in [0.717, 1.165) is 31.9 Å². The second-order valence-corrected chi connectivity index (χ2v) is 5.18. The summed E-state index contributed by atoms with van der Waals surface area (Å²) in [7, 11) is 3.98. The number of rotatable bonds is 9. The van der Waals surface area contributed by atoms with Gasteiger partial charge in [0, 0.05) is 19.2 Å². The zero-order valence-electron chi connectivity index (χ0n) is 11.7. The van der Waals surface area contributed by atoms with Gasteiger partial charge in [0.1, 0.15) is 0 Å². The number of hydrogen-bond donors (Lipinski definition) is 1. The molecular weight excluding hydrogens is 200 g/mol. The lowest BCUT2D eigenvalue weighted by molar-refractivity contribution is 0.0726. The van der Waals surface area contributed by atoms with Crippen molar-refractivity contribution in [3.8, 4) is 0 Å². The highest BCUT2D eigenvalue weighted by molar-refractivity contribution is 4.74. The lowest BCUT2D eigenvalue weighted by Crippen LogP contribution is -2.42. The molecule has 0 aromatic carbocycles. The topological polar surface area (TPSA) is 38.5 Å². The first kappa shape index (κ1) is 15.9. The van der Waals surface area contributed by atoms with Gasteiger partial charge < -0.3 is 10.5 Å². The fraction of sp³-hybridized carbons (Fsp3) is 1.00. The molecule has 0 heterocycles. The second-order valence-electron chi connectivity index (χ2n) is 5.18. The van der Waals surface area contributed by atoms with Gasteiger partial charge in [0.15, 0.2) is 0 Å². The third-order valence-electron chi connectivity index (χ3n) is 3.18. The highest BCUT2D eigenvalue weighted by Crippen LogP contribution is 2.15. The van der Waals surface area contributed by atoms with Crippen molar-refractivity contribution in [3.63, 3.8) is 0 Å². The number of hydrogen-bond acceptors (Lipinski definition) is 3. The third-order valence-corrected chi connectivity index (χ3v) is 3.18. The molecule has 0 aromatic heterocycles. The Kier molecular flexibility index (Phi) is 8.90. The predicted octanol–water partition coefficient (Wildman–Crippen LogP) is 2.11. The Morgan fingerprint density at radius 3 is 2.31 bits per heavy atom. The van der Waals surface area contributed by atoms with Crippen LogP contribution in [-0.2, 0) is 4.74 Å². The first-order valence-corrected chi connectivity index (χ1v) is 6.43. The Morgan fingerprint density at radius 1 is 1.25 bits per heavy atom. The molecule has 0 aliphatic carbocycles. The monoisotopic (exact) mass is 230 g/mol. The van der Waals surface area contributed by atoms with Crippen LogP contribution in [0.25, 0.3) is 0 Å². The molecule has 0 bridgehead atoms. The number of nitrogens with zero attached hydrogens (tertiary/aromatic N) is 1. The molecule has 2 unspecified atom stereocenters.